The van der Waals surface area contributed by atoms with Gasteiger partial charge in [-0.1, -0.05) is 18.2 Å². The molecule has 0 N–H and O–H groups in total. The molecule has 1 saturated heterocycles. The first-order valence-electron chi connectivity index (χ1n) is 8.54. The first kappa shape index (κ1) is 18.1. The van der Waals surface area contributed by atoms with E-state index >= 15 is 0 Å². The van der Waals surface area contributed by atoms with Crippen LogP contribution in [0.1, 0.15) is 49.3 Å². The van der Waals surface area contributed by atoms with E-state index in [1.807, 2.05) is 13.1 Å². The Morgan fingerprint density at radius 2 is 2.04 bits per heavy atom. The molecule has 1 aromatic heterocycles. The van der Waals surface area contributed by atoms with E-state index < -0.39 is 15.8 Å². The summed E-state index contributed by atoms with van der Waals surface area (Å²) < 4.78 is 42.8. The molecule has 3 rings (SSSR count). The molecule has 0 spiro atoms. The number of sulfonamides is 1. The maximum atomic E-state index is 13.8. The summed E-state index contributed by atoms with van der Waals surface area (Å²) in [7, 11) is -3.55. The Labute approximate surface area is 148 Å². The Morgan fingerprint density at radius 3 is 2.72 bits per heavy atom. The quantitative estimate of drug-likeness (QED) is 0.817. The van der Waals surface area contributed by atoms with E-state index in [2.05, 4.69) is 23.4 Å². The molecule has 2 heterocycles. The first-order chi connectivity index (χ1) is 11.8. The van der Waals surface area contributed by atoms with Gasteiger partial charge in [0, 0.05) is 42.5 Å². The number of aromatic nitrogens is 2. The number of aryl methyl sites for hydroxylation is 1. The van der Waals surface area contributed by atoms with Gasteiger partial charge in [-0.2, -0.15) is 0 Å². The van der Waals surface area contributed by atoms with E-state index in [0.29, 0.717) is 13.1 Å². The number of hydrogen-bond donors (Lipinski definition) is 0. The molecule has 0 amide bonds. The molecule has 1 unspecified atom stereocenters. The zero-order valence-electron chi connectivity index (χ0n) is 14.8. The molecule has 1 aliphatic heterocycles. The Balaban J connectivity index is 1.77. The van der Waals surface area contributed by atoms with Gasteiger partial charge in [-0.3, -0.25) is 0 Å². The lowest BCUT2D eigenvalue weighted by molar-refractivity contribution is 0.462. The van der Waals surface area contributed by atoms with Gasteiger partial charge in [-0.15, -0.1) is 0 Å². The average molecular weight is 365 g/mol. The van der Waals surface area contributed by atoms with E-state index in [4.69, 9.17) is 0 Å². The minimum absolute atomic E-state index is 0.0755. The van der Waals surface area contributed by atoms with E-state index in [-0.39, 0.29) is 23.3 Å². The summed E-state index contributed by atoms with van der Waals surface area (Å²) in [6, 6.07) is 6.31. The smallest absolute Gasteiger partial charge is 0.218 e. The maximum Gasteiger partial charge on any atom is 0.218 e. The Kier molecular flexibility index (Phi) is 4.97. The lowest BCUT2D eigenvalue weighted by Gasteiger charge is -2.19. The number of benzene rings is 1. The van der Waals surface area contributed by atoms with Crippen LogP contribution in [0.5, 0.6) is 0 Å². The molecule has 0 aliphatic carbocycles. The van der Waals surface area contributed by atoms with Crippen molar-refractivity contribution in [2.75, 3.05) is 13.1 Å². The van der Waals surface area contributed by atoms with Crippen LogP contribution in [0, 0.1) is 12.7 Å². The summed E-state index contributed by atoms with van der Waals surface area (Å²) in [5.41, 5.74) is 1.29. The molecule has 5 nitrogen and oxygen atoms in total. The van der Waals surface area contributed by atoms with Crippen LogP contribution in [0.15, 0.2) is 30.5 Å². The highest BCUT2D eigenvalue weighted by atomic mass is 32.2. The van der Waals surface area contributed by atoms with E-state index in [9.17, 15) is 12.8 Å². The van der Waals surface area contributed by atoms with Crippen molar-refractivity contribution in [2.45, 2.75) is 44.9 Å². The minimum atomic E-state index is -3.55. The summed E-state index contributed by atoms with van der Waals surface area (Å²) in [5.74, 6) is 0.236. The van der Waals surface area contributed by atoms with Crippen molar-refractivity contribution in [1.29, 1.82) is 0 Å². The molecule has 1 aromatic carbocycles. The molecular formula is C18H24FN3O2S. The lowest BCUT2D eigenvalue weighted by atomic mass is 10.1. The van der Waals surface area contributed by atoms with Gasteiger partial charge in [0.15, 0.2) is 0 Å². The number of imidazole rings is 1. The van der Waals surface area contributed by atoms with Gasteiger partial charge in [-0.05, 0) is 33.3 Å². The molecule has 136 valence electrons. The fraction of sp³-hybridized carbons (Fsp3) is 0.500. The SMILES string of the molecule is Cc1cnc(C2CCN(S(=O)(=O)Cc3ccccc3F)C2)n1C(C)C. The summed E-state index contributed by atoms with van der Waals surface area (Å²) in [5, 5.41) is 0. The molecule has 2 aromatic rings. The van der Waals surface area contributed by atoms with Gasteiger partial charge in [0.25, 0.3) is 0 Å². The average Bonchev–Trinajstić information content (AvgIpc) is 3.16. The van der Waals surface area contributed by atoms with Gasteiger partial charge < -0.3 is 4.57 Å². The molecule has 0 bridgehead atoms. The Hall–Kier alpha value is -1.73. The van der Waals surface area contributed by atoms with E-state index in [1.54, 1.807) is 12.1 Å². The van der Waals surface area contributed by atoms with Crippen molar-refractivity contribution < 1.29 is 12.8 Å². The summed E-state index contributed by atoms with van der Waals surface area (Å²) in [6.45, 7) is 7.06. The van der Waals surface area contributed by atoms with Gasteiger partial charge in [-0.25, -0.2) is 22.1 Å². The molecule has 1 fully saturated rings. The zero-order chi connectivity index (χ0) is 18.2. The number of nitrogens with zero attached hydrogens (tertiary/aromatic N) is 3. The van der Waals surface area contributed by atoms with Crippen LogP contribution in [-0.4, -0.2) is 35.4 Å². The van der Waals surface area contributed by atoms with Crippen molar-refractivity contribution >= 4 is 10.0 Å². The second kappa shape index (κ2) is 6.88. The molecule has 0 saturated carbocycles. The highest BCUT2D eigenvalue weighted by molar-refractivity contribution is 7.88. The van der Waals surface area contributed by atoms with Crippen LogP contribution >= 0.6 is 0 Å². The fourth-order valence-corrected chi connectivity index (χ4v) is 5.13. The van der Waals surface area contributed by atoms with Gasteiger partial charge >= 0.3 is 0 Å². The molecule has 7 heteroatoms. The van der Waals surface area contributed by atoms with Crippen LogP contribution < -0.4 is 0 Å². The molecule has 25 heavy (non-hydrogen) atoms. The Bertz CT molecular complexity index is 861. The predicted octanol–water partition coefficient (Wildman–Crippen LogP) is 3.23. The predicted molar refractivity (Wildman–Crippen MR) is 95.3 cm³/mol. The molecule has 1 atom stereocenters. The summed E-state index contributed by atoms with van der Waals surface area (Å²) in [6.07, 6.45) is 2.57. The van der Waals surface area contributed by atoms with Crippen LogP contribution in [0.3, 0.4) is 0 Å². The standard InChI is InChI=1S/C18H24FN3O2S/c1-13(2)22-14(3)10-20-18(22)15-8-9-21(11-15)25(23,24)12-16-6-4-5-7-17(16)19/h4-7,10,13,15H,8-9,11-12H2,1-3H3. The van der Waals surface area contributed by atoms with Crippen LogP contribution in [0.4, 0.5) is 4.39 Å². The third-order valence-corrected chi connectivity index (χ3v) is 6.53. The Morgan fingerprint density at radius 1 is 1.32 bits per heavy atom. The van der Waals surface area contributed by atoms with Gasteiger partial charge in [0.2, 0.25) is 10.0 Å². The monoisotopic (exact) mass is 365 g/mol. The number of halogens is 1. The van der Waals surface area contributed by atoms with Crippen molar-refractivity contribution in [1.82, 2.24) is 13.9 Å². The number of hydrogen-bond acceptors (Lipinski definition) is 3. The van der Waals surface area contributed by atoms with Crippen molar-refractivity contribution in [3.8, 4) is 0 Å². The van der Waals surface area contributed by atoms with E-state index in [1.165, 1.54) is 16.4 Å². The zero-order valence-corrected chi connectivity index (χ0v) is 15.6. The van der Waals surface area contributed by atoms with Crippen LogP contribution in [0.2, 0.25) is 0 Å². The van der Waals surface area contributed by atoms with Gasteiger partial charge in [0.1, 0.15) is 11.6 Å². The highest BCUT2D eigenvalue weighted by Gasteiger charge is 2.35. The molecular weight excluding hydrogens is 341 g/mol. The van der Waals surface area contributed by atoms with Gasteiger partial charge in [0.05, 0.1) is 5.75 Å². The van der Waals surface area contributed by atoms with Crippen molar-refractivity contribution in [3.63, 3.8) is 0 Å². The number of rotatable bonds is 5. The maximum absolute atomic E-state index is 13.8. The second-order valence-electron chi connectivity index (χ2n) is 6.91. The van der Waals surface area contributed by atoms with Crippen LogP contribution in [0.25, 0.3) is 0 Å². The highest BCUT2D eigenvalue weighted by Crippen LogP contribution is 2.31. The van der Waals surface area contributed by atoms with Crippen molar-refractivity contribution in [3.05, 3.63) is 53.4 Å². The summed E-state index contributed by atoms with van der Waals surface area (Å²) >= 11 is 0. The van der Waals surface area contributed by atoms with E-state index in [0.717, 1.165) is 17.9 Å². The lowest BCUT2D eigenvalue weighted by Crippen LogP contribution is -2.30. The van der Waals surface area contributed by atoms with Crippen LogP contribution in [-0.2, 0) is 15.8 Å². The minimum Gasteiger partial charge on any atom is -0.330 e. The largest absolute Gasteiger partial charge is 0.330 e. The fourth-order valence-electron chi connectivity index (χ4n) is 3.53. The van der Waals surface area contributed by atoms with Crippen molar-refractivity contribution in [2.24, 2.45) is 0 Å². The first-order valence-corrected chi connectivity index (χ1v) is 10.2. The normalized spacial score (nSPS) is 19.0. The summed E-state index contributed by atoms with van der Waals surface area (Å²) in [4.78, 5) is 4.52. The third kappa shape index (κ3) is 3.62. The third-order valence-electron chi connectivity index (χ3n) is 4.73. The molecule has 1 aliphatic rings. The topological polar surface area (TPSA) is 55.2 Å². The second-order valence-corrected chi connectivity index (χ2v) is 8.88. The molecule has 0 radical (unpaired) electrons.